The quantitative estimate of drug-likeness (QED) is 0.917. The van der Waals surface area contributed by atoms with Crippen LogP contribution in [0.15, 0.2) is 29.6 Å². The van der Waals surface area contributed by atoms with E-state index in [-0.39, 0.29) is 6.04 Å². The van der Waals surface area contributed by atoms with Crippen LogP contribution in [0.5, 0.6) is 0 Å². The zero-order chi connectivity index (χ0) is 13.1. The fourth-order valence-corrected chi connectivity index (χ4v) is 2.58. The first-order chi connectivity index (χ1) is 8.61. The Morgan fingerprint density at radius 2 is 1.94 bits per heavy atom. The van der Waals surface area contributed by atoms with E-state index < -0.39 is 0 Å². The maximum absolute atomic E-state index is 8.76. The summed E-state index contributed by atoms with van der Waals surface area (Å²) in [5.74, 6) is 0.380. The van der Waals surface area contributed by atoms with Gasteiger partial charge in [-0.05, 0) is 18.1 Å². The van der Waals surface area contributed by atoms with Crippen molar-refractivity contribution in [2.75, 3.05) is 0 Å². The molecule has 3 nitrogen and oxygen atoms in total. The van der Waals surface area contributed by atoms with Crippen molar-refractivity contribution < 1.29 is 0 Å². The van der Waals surface area contributed by atoms with Crippen LogP contribution in [0.1, 0.15) is 30.5 Å². The molecule has 18 heavy (non-hydrogen) atoms. The molecule has 0 saturated carbocycles. The molecule has 1 atom stereocenters. The van der Waals surface area contributed by atoms with Crippen LogP contribution in [0.3, 0.4) is 0 Å². The predicted octanol–water partition coefficient (Wildman–Crippen LogP) is 3.34. The zero-order valence-corrected chi connectivity index (χ0v) is 11.2. The molecule has 4 heteroatoms. The van der Waals surface area contributed by atoms with Gasteiger partial charge in [0.05, 0.1) is 23.4 Å². The number of nitrogens with zero attached hydrogens (tertiary/aromatic N) is 2. The molecule has 2 aromatic rings. The van der Waals surface area contributed by atoms with Crippen molar-refractivity contribution in [1.82, 2.24) is 4.98 Å². The number of nitriles is 1. The Kier molecular flexibility index (Phi) is 3.75. The van der Waals surface area contributed by atoms with E-state index in [1.807, 2.05) is 17.5 Å². The van der Waals surface area contributed by atoms with Crippen molar-refractivity contribution in [2.45, 2.75) is 19.9 Å². The average molecular weight is 257 g/mol. The Morgan fingerprint density at radius 3 is 2.50 bits per heavy atom. The molecule has 0 aliphatic carbocycles. The second kappa shape index (κ2) is 5.30. The molecule has 1 heterocycles. The van der Waals surface area contributed by atoms with Gasteiger partial charge in [-0.2, -0.15) is 5.26 Å². The molecule has 1 aromatic heterocycles. The third-order valence-electron chi connectivity index (χ3n) is 2.84. The lowest BCUT2D eigenvalue weighted by Gasteiger charge is -2.11. The summed E-state index contributed by atoms with van der Waals surface area (Å²) in [6, 6.07) is 9.53. The summed E-state index contributed by atoms with van der Waals surface area (Å²) >= 11 is 1.59. The molecule has 1 unspecified atom stereocenters. The standard InChI is InChI=1S/C14H15N3S/c1-9(2)13(16)14-17-12(8-18-14)11-5-3-10(7-15)4-6-11/h3-6,8-9,13H,16H2,1-2H3. The van der Waals surface area contributed by atoms with Crippen molar-refractivity contribution in [2.24, 2.45) is 11.7 Å². The highest BCUT2D eigenvalue weighted by atomic mass is 32.1. The van der Waals surface area contributed by atoms with Crippen molar-refractivity contribution in [3.05, 3.63) is 40.2 Å². The van der Waals surface area contributed by atoms with Crippen molar-refractivity contribution in [3.8, 4) is 17.3 Å². The van der Waals surface area contributed by atoms with Gasteiger partial charge in [0.2, 0.25) is 0 Å². The summed E-state index contributed by atoms with van der Waals surface area (Å²) in [6.07, 6.45) is 0. The van der Waals surface area contributed by atoms with Gasteiger partial charge in [0.15, 0.2) is 0 Å². The normalized spacial score (nSPS) is 12.4. The maximum Gasteiger partial charge on any atom is 0.110 e. The van der Waals surface area contributed by atoms with Gasteiger partial charge >= 0.3 is 0 Å². The Bertz CT molecular complexity index is 563. The minimum absolute atomic E-state index is 0.0119. The lowest BCUT2D eigenvalue weighted by molar-refractivity contribution is 0.512. The molecule has 0 amide bonds. The second-order valence-electron chi connectivity index (χ2n) is 4.53. The van der Waals surface area contributed by atoms with Crippen LogP contribution < -0.4 is 5.73 Å². The Morgan fingerprint density at radius 1 is 1.28 bits per heavy atom. The monoisotopic (exact) mass is 257 g/mol. The molecule has 0 bridgehead atoms. The van der Waals surface area contributed by atoms with Gasteiger partial charge in [0.25, 0.3) is 0 Å². The highest BCUT2D eigenvalue weighted by molar-refractivity contribution is 7.10. The molecule has 0 spiro atoms. The van der Waals surface area contributed by atoms with E-state index >= 15 is 0 Å². The van der Waals surface area contributed by atoms with E-state index in [1.54, 1.807) is 23.5 Å². The van der Waals surface area contributed by atoms with E-state index in [2.05, 4.69) is 24.9 Å². The number of rotatable bonds is 3. The molecule has 0 radical (unpaired) electrons. The SMILES string of the molecule is CC(C)C(N)c1nc(-c2ccc(C#N)cc2)cs1. The second-order valence-corrected chi connectivity index (χ2v) is 5.42. The van der Waals surface area contributed by atoms with E-state index in [0.29, 0.717) is 11.5 Å². The Labute approximate surface area is 111 Å². The van der Waals surface area contributed by atoms with E-state index in [4.69, 9.17) is 11.0 Å². The molecule has 2 N–H and O–H groups in total. The van der Waals surface area contributed by atoms with Gasteiger partial charge in [0.1, 0.15) is 5.01 Å². The highest BCUT2D eigenvalue weighted by Crippen LogP contribution is 2.27. The summed E-state index contributed by atoms with van der Waals surface area (Å²) in [5, 5.41) is 11.7. The summed E-state index contributed by atoms with van der Waals surface area (Å²) in [5.41, 5.74) is 8.69. The lowest BCUT2D eigenvalue weighted by Crippen LogP contribution is -2.16. The van der Waals surface area contributed by atoms with Gasteiger partial charge in [0, 0.05) is 10.9 Å². The van der Waals surface area contributed by atoms with Gasteiger partial charge in [-0.25, -0.2) is 4.98 Å². The van der Waals surface area contributed by atoms with Crippen LogP contribution in [-0.4, -0.2) is 4.98 Å². The minimum Gasteiger partial charge on any atom is -0.322 e. The molecule has 1 aromatic carbocycles. The molecule has 2 rings (SSSR count). The van der Waals surface area contributed by atoms with Crippen molar-refractivity contribution >= 4 is 11.3 Å². The Hall–Kier alpha value is -1.70. The van der Waals surface area contributed by atoms with Crippen LogP contribution in [-0.2, 0) is 0 Å². The number of nitrogens with two attached hydrogens (primary N) is 1. The third-order valence-corrected chi connectivity index (χ3v) is 3.78. The van der Waals surface area contributed by atoms with Crippen LogP contribution in [0.4, 0.5) is 0 Å². The predicted molar refractivity (Wildman–Crippen MR) is 74.0 cm³/mol. The molecule has 0 aliphatic heterocycles. The number of thiazole rings is 1. The maximum atomic E-state index is 8.76. The molecule has 0 saturated heterocycles. The lowest BCUT2D eigenvalue weighted by atomic mass is 10.1. The average Bonchev–Trinajstić information content (AvgIpc) is 2.87. The summed E-state index contributed by atoms with van der Waals surface area (Å²) in [6.45, 7) is 4.18. The molecular formula is C14H15N3S. The molecule has 0 aliphatic rings. The third kappa shape index (κ3) is 2.58. The molecule has 0 fully saturated rings. The van der Waals surface area contributed by atoms with Gasteiger partial charge in [-0.15, -0.1) is 11.3 Å². The van der Waals surface area contributed by atoms with E-state index in [0.717, 1.165) is 16.3 Å². The van der Waals surface area contributed by atoms with Gasteiger partial charge in [-0.3, -0.25) is 0 Å². The molecule has 92 valence electrons. The zero-order valence-electron chi connectivity index (χ0n) is 10.4. The van der Waals surface area contributed by atoms with E-state index in [1.165, 1.54) is 0 Å². The fraction of sp³-hybridized carbons (Fsp3) is 0.286. The summed E-state index contributed by atoms with van der Waals surface area (Å²) in [7, 11) is 0. The first kappa shape index (κ1) is 12.7. The largest absolute Gasteiger partial charge is 0.322 e. The van der Waals surface area contributed by atoms with E-state index in [9.17, 15) is 0 Å². The number of hydrogen-bond donors (Lipinski definition) is 1. The number of benzene rings is 1. The van der Waals surface area contributed by atoms with Crippen LogP contribution >= 0.6 is 11.3 Å². The summed E-state index contributed by atoms with van der Waals surface area (Å²) < 4.78 is 0. The fourth-order valence-electron chi connectivity index (χ4n) is 1.57. The Balaban J connectivity index is 2.26. The van der Waals surface area contributed by atoms with Crippen LogP contribution in [0, 0.1) is 17.2 Å². The van der Waals surface area contributed by atoms with Crippen molar-refractivity contribution in [1.29, 1.82) is 5.26 Å². The topological polar surface area (TPSA) is 62.7 Å². The number of aromatic nitrogens is 1. The van der Waals surface area contributed by atoms with Crippen LogP contribution in [0.25, 0.3) is 11.3 Å². The van der Waals surface area contributed by atoms with Crippen LogP contribution in [0.2, 0.25) is 0 Å². The highest BCUT2D eigenvalue weighted by Gasteiger charge is 2.15. The first-order valence-corrected chi connectivity index (χ1v) is 6.71. The van der Waals surface area contributed by atoms with Crippen molar-refractivity contribution in [3.63, 3.8) is 0 Å². The minimum atomic E-state index is -0.0119. The smallest absolute Gasteiger partial charge is 0.110 e. The molecular weight excluding hydrogens is 242 g/mol. The van der Waals surface area contributed by atoms with Gasteiger partial charge < -0.3 is 5.73 Å². The van der Waals surface area contributed by atoms with Gasteiger partial charge in [-0.1, -0.05) is 26.0 Å². The number of hydrogen-bond acceptors (Lipinski definition) is 4. The first-order valence-electron chi connectivity index (χ1n) is 5.83. The summed E-state index contributed by atoms with van der Waals surface area (Å²) in [4.78, 5) is 4.57.